The van der Waals surface area contributed by atoms with E-state index in [4.69, 9.17) is 14.6 Å². The maximum absolute atomic E-state index is 10.8. The molecule has 0 saturated heterocycles. The molecule has 0 amide bonds. The Hall–Kier alpha value is -0.125. The number of ether oxygens (including phenoxy) is 1. The van der Waals surface area contributed by atoms with E-state index < -0.39 is 5.97 Å². The minimum atomic E-state index is -0.833. The second kappa shape index (κ2) is 4.28. The van der Waals surface area contributed by atoms with Crippen LogP contribution in [0.5, 0.6) is 0 Å². The number of carbonyl (C=O) groups is 2. The molecule has 0 aromatic rings. The van der Waals surface area contributed by atoms with Crippen molar-refractivity contribution < 1.29 is 45.6 Å². The van der Waals surface area contributed by atoms with Gasteiger partial charge in [0.15, 0.2) is 0 Å². The molecule has 0 aromatic heterocycles. The molecule has 5 heteroatoms. The van der Waals surface area contributed by atoms with Gasteiger partial charge < -0.3 is 5.11 Å². The van der Waals surface area contributed by atoms with Gasteiger partial charge >= 0.3 is 88.2 Å². The zero-order valence-corrected chi connectivity index (χ0v) is 15.0. The molecule has 6 atom stereocenters. The van der Waals surface area contributed by atoms with Crippen molar-refractivity contribution in [1.29, 1.82) is 0 Å². The van der Waals surface area contributed by atoms with Crippen LogP contribution in [0.2, 0.25) is 3.43 Å². The standard InChI is InChI=1S/C9H11O2.C2H4O2.Hg/c1-4(10)11-9-5-2-6-7(3-5)8(6)9;1-2(3)4;/h2,5-9H,3H2,1H3;1H3,(H,3,4);. The number of hydrogen-bond acceptors (Lipinski definition) is 3. The van der Waals surface area contributed by atoms with Gasteiger partial charge in [-0.05, 0) is 0 Å². The van der Waals surface area contributed by atoms with Gasteiger partial charge in [0.1, 0.15) is 0 Å². The molecule has 6 unspecified atom stereocenters. The fourth-order valence-corrected chi connectivity index (χ4v) is 7.97. The molecule has 0 aliphatic heterocycles. The van der Waals surface area contributed by atoms with E-state index in [1.54, 1.807) is 6.92 Å². The molecular weight excluding hydrogens is 397 g/mol. The van der Waals surface area contributed by atoms with E-state index in [0.29, 0.717) is 6.10 Å². The molecule has 4 saturated carbocycles. The summed E-state index contributed by atoms with van der Waals surface area (Å²) in [6.07, 6.45) is 1.72. The first-order chi connectivity index (χ1) is 7.43. The Balaban J connectivity index is 0.000000212. The molecule has 4 aliphatic rings. The van der Waals surface area contributed by atoms with Gasteiger partial charge in [0.25, 0.3) is 5.97 Å². The van der Waals surface area contributed by atoms with E-state index in [0.717, 1.165) is 60.1 Å². The Kier molecular flexibility index (Phi) is 3.30. The van der Waals surface area contributed by atoms with Crippen molar-refractivity contribution in [3.8, 4) is 0 Å². The van der Waals surface area contributed by atoms with Crippen LogP contribution >= 0.6 is 0 Å². The molecule has 4 aliphatic carbocycles. The summed E-state index contributed by atoms with van der Waals surface area (Å²) in [6.45, 7) is 2.62. The van der Waals surface area contributed by atoms with Crippen LogP contribution in [0.25, 0.3) is 0 Å². The molecule has 0 spiro atoms. The predicted octanol–water partition coefficient (Wildman–Crippen LogP) is 1.24. The zero-order chi connectivity index (χ0) is 12.0. The Bertz CT molecular complexity index is 326. The second-order valence-electron chi connectivity index (χ2n) is 4.98. The van der Waals surface area contributed by atoms with E-state index in [9.17, 15) is 4.79 Å². The molecule has 16 heavy (non-hydrogen) atoms. The average Bonchev–Trinajstić information content (AvgIpc) is 2.44. The first-order valence-corrected chi connectivity index (χ1v) is 8.80. The summed E-state index contributed by atoms with van der Waals surface area (Å²) in [6, 6.07) is 0. The van der Waals surface area contributed by atoms with Crippen LogP contribution in [0.4, 0.5) is 0 Å². The molecular formula is C11H15HgO4. The normalized spacial score (nSPS) is 45.8. The van der Waals surface area contributed by atoms with Crippen LogP contribution in [0.3, 0.4) is 0 Å². The Morgan fingerprint density at radius 1 is 1.25 bits per heavy atom. The summed E-state index contributed by atoms with van der Waals surface area (Å²) in [5, 5.41) is 7.42. The van der Waals surface area contributed by atoms with Crippen molar-refractivity contribution in [2.75, 3.05) is 0 Å². The number of aliphatic carboxylic acids is 1. The summed E-state index contributed by atoms with van der Waals surface area (Å²) in [4.78, 5) is 19.8. The van der Waals surface area contributed by atoms with Gasteiger partial charge in [-0.2, -0.15) is 0 Å². The Labute approximate surface area is 111 Å². The van der Waals surface area contributed by atoms with Crippen molar-refractivity contribution in [3.63, 3.8) is 0 Å². The minimum absolute atomic E-state index is 0.0706. The average molecular weight is 412 g/mol. The van der Waals surface area contributed by atoms with Crippen molar-refractivity contribution >= 4 is 11.9 Å². The SMILES string of the molecule is CC(=O)O.CC(=O)OC1C2CC3C([CH]2[Hg])C31. The second-order valence-corrected chi connectivity index (χ2v) is 8.64. The molecule has 85 valence electrons. The third-order valence-electron chi connectivity index (χ3n) is 3.98. The predicted molar refractivity (Wildman–Crippen MR) is 51.2 cm³/mol. The zero-order valence-electron chi connectivity index (χ0n) is 9.55. The van der Waals surface area contributed by atoms with Crippen LogP contribution < -0.4 is 0 Å². The van der Waals surface area contributed by atoms with E-state index in [-0.39, 0.29) is 5.97 Å². The fraction of sp³-hybridized carbons (Fsp3) is 0.818. The number of carbonyl (C=O) groups excluding carboxylic acids is 1. The van der Waals surface area contributed by atoms with Crippen molar-refractivity contribution in [3.05, 3.63) is 0 Å². The van der Waals surface area contributed by atoms with Crippen LogP contribution in [0.15, 0.2) is 0 Å². The Morgan fingerprint density at radius 3 is 2.06 bits per heavy atom. The molecule has 1 N–H and O–H groups in total. The third-order valence-corrected chi connectivity index (χ3v) is 8.45. The third kappa shape index (κ3) is 2.00. The maximum atomic E-state index is 10.8. The number of esters is 1. The van der Waals surface area contributed by atoms with Gasteiger partial charge in [0.2, 0.25) is 0 Å². The first kappa shape index (κ1) is 12.3. The molecule has 0 radical (unpaired) electrons. The number of hydrogen-bond donors (Lipinski definition) is 1. The number of rotatable bonds is 1. The van der Waals surface area contributed by atoms with Gasteiger partial charge in [-0.15, -0.1) is 0 Å². The van der Waals surface area contributed by atoms with E-state index in [1.165, 1.54) is 6.42 Å². The molecule has 4 rings (SSSR count). The summed E-state index contributed by atoms with van der Waals surface area (Å²) in [7, 11) is 0. The Morgan fingerprint density at radius 2 is 1.81 bits per heavy atom. The van der Waals surface area contributed by atoms with Gasteiger partial charge in [-0.25, -0.2) is 0 Å². The molecule has 4 fully saturated rings. The van der Waals surface area contributed by atoms with Gasteiger partial charge in [0.05, 0.1) is 0 Å². The van der Waals surface area contributed by atoms with Crippen molar-refractivity contribution in [2.45, 2.75) is 29.8 Å². The first-order valence-electron chi connectivity index (χ1n) is 5.63. The molecule has 0 aromatic carbocycles. The summed E-state index contributed by atoms with van der Waals surface area (Å²) >= 11 is 0.894. The van der Waals surface area contributed by atoms with Crippen LogP contribution in [-0.4, -0.2) is 23.1 Å². The van der Waals surface area contributed by atoms with E-state index >= 15 is 0 Å². The summed E-state index contributed by atoms with van der Waals surface area (Å²) in [5.41, 5.74) is 0. The van der Waals surface area contributed by atoms with Crippen LogP contribution in [0, 0.1) is 23.7 Å². The van der Waals surface area contributed by atoms with Gasteiger partial charge in [0, 0.05) is 6.92 Å². The van der Waals surface area contributed by atoms with Crippen LogP contribution in [-0.2, 0) is 40.4 Å². The number of carboxylic acid groups (broad SMARTS) is 1. The van der Waals surface area contributed by atoms with E-state index in [2.05, 4.69) is 0 Å². The van der Waals surface area contributed by atoms with E-state index in [1.807, 2.05) is 0 Å². The topological polar surface area (TPSA) is 63.6 Å². The summed E-state index contributed by atoms with van der Waals surface area (Å²) in [5.74, 6) is 2.67. The van der Waals surface area contributed by atoms with Crippen molar-refractivity contribution in [2.24, 2.45) is 23.7 Å². The van der Waals surface area contributed by atoms with Gasteiger partial charge in [-0.1, -0.05) is 0 Å². The van der Waals surface area contributed by atoms with Crippen LogP contribution in [0.1, 0.15) is 20.3 Å². The molecule has 4 nitrogen and oxygen atoms in total. The quantitative estimate of drug-likeness (QED) is 0.521. The molecule has 4 bridgehead atoms. The number of carboxylic acids is 1. The fourth-order valence-electron chi connectivity index (χ4n) is 3.60. The molecule has 0 heterocycles. The van der Waals surface area contributed by atoms with Crippen molar-refractivity contribution in [1.82, 2.24) is 0 Å². The monoisotopic (exact) mass is 413 g/mol. The summed E-state index contributed by atoms with van der Waals surface area (Å²) < 4.78 is 6.40. The van der Waals surface area contributed by atoms with Gasteiger partial charge in [-0.3, -0.25) is 4.79 Å².